The van der Waals surface area contributed by atoms with Crippen molar-refractivity contribution >= 4 is 29.1 Å². The summed E-state index contributed by atoms with van der Waals surface area (Å²) >= 11 is 5.89. The molecule has 5 nitrogen and oxygen atoms in total. The van der Waals surface area contributed by atoms with E-state index in [0.29, 0.717) is 17.3 Å². The van der Waals surface area contributed by atoms with Gasteiger partial charge in [0.2, 0.25) is 5.91 Å². The number of ether oxygens (including phenoxy) is 1. The Morgan fingerprint density at radius 1 is 1.12 bits per heavy atom. The normalized spacial score (nSPS) is 10.5. The predicted octanol–water partition coefficient (Wildman–Crippen LogP) is 3.94. The SMILES string of the molecule is Cc1cc(Cl)ccc1OCC(=O)NCc1ccc(NC(=O)C(C)C)cc1. The minimum absolute atomic E-state index is 0.0271. The summed E-state index contributed by atoms with van der Waals surface area (Å²) in [5.74, 6) is 0.324. The number of carbonyl (C=O) groups is 2. The highest BCUT2D eigenvalue weighted by atomic mass is 35.5. The largest absolute Gasteiger partial charge is 0.484 e. The molecule has 0 bridgehead atoms. The minimum atomic E-state index is -0.212. The lowest BCUT2D eigenvalue weighted by Gasteiger charge is -2.11. The summed E-state index contributed by atoms with van der Waals surface area (Å²) in [6, 6.07) is 12.6. The van der Waals surface area contributed by atoms with Crippen molar-refractivity contribution in [2.75, 3.05) is 11.9 Å². The fraction of sp³-hybridized carbons (Fsp3) is 0.300. The first kappa shape index (κ1) is 19.8. The Labute approximate surface area is 158 Å². The number of hydrogen-bond acceptors (Lipinski definition) is 3. The summed E-state index contributed by atoms with van der Waals surface area (Å²) in [6.45, 7) is 5.88. The molecule has 0 atom stereocenters. The van der Waals surface area contributed by atoms with Crippen LogP contribution in [0.1, 0.15) is 25.0 Å². The van der Waals surface area contributed by atoms with Crippen LogP contribution in [0.2, 0.25) is 5.02 Å². The molecule has 0 heterocycles. The second-order valence-corrected chi connectivity index (χ2v) is 6.75. The summed E-state index contributed by atoms with van der Waals surface area (Å²) in [6.07, 6.45) is 0. The van der Waals surface area contributed by atoms with E-state index in [-0.39, 0.29) is 24.3 Å². The molecule has 0 spiro atoms. The molecule has 0 radical (unpaired) electrons. The minimum Gasteiger partial charge on any atom is -0.484 e. The van der Waals surface area contributed by atoms with Gasteiger partial charge in [0.25, 0.3) is 5.91 Å². The predicted molar refractivity (Wildman–Crippen MR) is 103 cm³/mol. The number of anilines is 1. The zero-order chi connectivity index (χ0) is 19.1. The Bertz CT molecular complexity index is 773. The Kier molecular flexibility index (Phi) is 7.04. The van der Waals surface area contributed by atoms with Crippen LogP contribution in [0.25, 0.3) is 0 Å². The van der Waals surface area contributed by atoms with Crippen molar-refractivity contribution in [3.63, 3.8) is 0 Å². The Morgan fingerprint density at radius 3 is 2.42 bits per heavy atom. The summed E-state index contributed by atoms with van der Waals surface area (Å²) in [5.41, 5.74) is 2.55. The third-order valence-electron chi connectivity index (χ3n) is 3.73. The quantitative estimate of drug-likeness (QED) is 0.771. The van der Waals surface area contributed by atoms with Crippen LogP contribution in [0.4, 0.5) is 5.69 Å². The molecule has 0 saturated carbocycles. The van der Waals surface area contributed by atoms with Crippen molar-refractivity contribution in [2.24, 2.45) is 5.92 Å². The lowest BCUT2D eigenvalue weighted by atomic mass is 10.1. The highest BCUT2D eigenvalue weighted by Gasteiger charge is 2.08. The monoisotopic (exact) mass is 374 g/mol. The van der Waals surface area contributed by atoms with Crippen molar-refractivity contribution in [3.8, 4) is 5.75 Å². The van der Waals surface area contributed by atoms with Gasteiger partial charge in [-0.15, -0.1) is 0 Å². The highest BCUT2D eigenvalue weighted by Crippen LogP contribution is 2.21. The molecule has 2 N–H and O–H groups in total. The maximum absolute atomic E-state index is 11.9. The molecule has 26 heavy (non-hydrogen) atoms. The number of amides is 2. The second kappa shape index (κ2) is 9.25. The van der Waals surface area contributed by atoms with Crippen LogP contribution in [0.3, 0.4) is 0 Å². The van der Waals surface area contributed by atoms with Gasteiger partial charge in [0.1, 0.15) is 5.75 Å². The van der Waals surface area contributed by atoms with Gasteiger partial charge < -0.3 is 15.4 Å². The topological polar surface area (TPSA) is 67.4 Å². The molecule has 0 fully saturated rings. The molecule has 0 unspecified atom stereocenters. The molecule has 2 rings (SSSR count). The number of nitrogens with one attached hydrogen (secondary N) is 2. The van der Waals surface area contributed by atoms with Crippen molar-refractivity contribution in [1.82, 2.24) is 5.32 Å². The zero-order valence-corrected chi connectivity index (χ0v) is 15.9. The summed E-state index contributed by atoms with van der Waals surface area (Å²) < 4.78 is 5.51. The Morgan fingerprint density at radius 2 is 1.81 bits per heavy atom. The molecular weight excluding hydrogens is 352 g/mol. The van der Waals surface area contributed by atoms with Gasteiger partial charge in [-0.25, -0.2) is 0 Å². The summed E-state index contributed by atoms with van der Waals surface area (Å²) in [7, 11) is 0. The van der Waals surface area contributed by atoms with E-state index in [1.807, 2.05) is 45.0 Å². The van der Waals surface area contributed by atoms with E-state index < -0.39 is 0 Å². The lowest BCUT2D eigenvalue weighted by molar-refractivity contribution is -0.123. The fourth-order valence-electron chi connectivity index (χ4n) is 2.16. The first-order valence-electron chi connectivity index (χ1n) is 8.40. The van der Waals surface area contributed by atoms with Crippen molar-refractivity contribution in [1.29, 1.82) is 0 Å². The molecular formula is C20H23ClN2O3. The molecule has 0 aromatic heterocycles. The molecule has 2 aromatic rings. The van der Waals surface area contributed by atoms with Crippen LogP contribution in [0, 0.1) is 12.8 Å². The first-order valence-corrected chi connectivity index (χ1v) is 8.78. The van der Waals surface area contributed by atoms with Gasteiger partial charge in [-0.05, 0) is 48.4 Å². The molecule has 138 valence electrons. The number of aryl methyl sites for hydroxylation is 1. The van der Waals surface area contributed by atoms with Gasteiger partial charge in [-0.3, -0.25) is 9.59 Å². The molecule has 0 aliphatic heterocycles. The number of carbonyl (C=O) groups excluding carboxylic acids is 2. The molecule has 6 heteroatoms. The summed E-state index contributed by atoms with van der Waals surface area (Å²) in [5, 5.41) is 6.26. The Balaban J connectivity index is 1.79. The standard InChI is InChI=1S/C20H23ClN2O3/c1-13(2)20(25)23-17-7-4-15(5-8-17)11-22-19(24)12-26-18-9-6-16(21)10-14(18)3/h4-10,13H,11-12H2,1-3H3,(H,22,24)(H,23,25). The molecule has 2 aromatic carbocycles. The molecule has 0 saturated heterocycles. The first-order chi connectivity index (χ1) is 12.3. The van der Waals surface area contributed by atoms with Crippen LogP contribution in [0.15, 0.2) is 42.5 Å². The van der Waals surface area contributed by atoms with E-state index in [1.54, 1.807) is 18.2 Å². The average molecular weight is 375 g/mol. The van der Waals surface area contributed by atoms with Gasteiger partial charge in [0.05, 0.1) is 0 Å². The number of rotatable bonds is 7. The van der Waals surface area contributed by atoms with E-state index in [2.05, 4.69) is 10.6 Å². The third-order valence-corrected chi connectivity index (χ3v) is 3.97. The van der Waals surface area contributed by atoms with Crippen molar-refractivity contribution in [2.45, 2.75) is 27.3 Å². The second-order valence-electron chi connectivity index (χ2n) is 6.32. The van der Waals surface area contributed by atoms with Gasteiger partial charge in [0, 0.05) is 23.2 Å². The van der Waals surface area contributed by atoms with E-state index in [0.717, 1.165) is 16.8 Å². The number of hydrogen-bond donors (Lipinski definition) is 2. The fourth-order valence-corrected chi connectivity index (χ4v) is 2.39. The molecule has 2 amide bonds. The van der Waals surface area contributed by atoms with E-state index in [1.165, 1.54) is 0 Å². The van der Waals surface area contributed by atoms with Gasteiger partial charge >= 0.3 is 0 Å². The van der Waals surface area contributed by atoms with Gasteiger partial charge in [0.15, 0.2) is 6.61 Å². The van der Waals surface area contributed by atoms with E-state index in [9.17, 15) is 9.59 Å². The van der Waals surface area contributed by atoms with Crippen LogP contribution < -0.4 is 15.4 Å². The highest BCUT2D eigenvalue weighted by molar-refractivity contribution is 6.30. The summed E-state index contributed by atoms with van der Waals surface area (Å²) in [4.78, 5) is 23.6. The van der Waals surface area contributed by atoms with Gasteiger partial charge in [-0.1, -0.05) is 37.6 Å². The van der Waals surface area contributed by atoms with Crippen LogP contribution >= 0.6 is 11.6 Å². The number of halogens is 1. The Hall–Kier alpha value is -2.53. The van der Waals surface area contributed by atoms with Crippen LogP contribution in [-0.4, -0.2) is 18.4 Å². The van der Waals surface area contributed by atoms with Gasteiger partial charge in [-0.2, -0.15) is 0 Å². The zero-order valence-electron chi connectivity index (χ0n) is 15.1. The lowest BCUT2D eigenvalue weighted by Crippen LogP contribution is -2.28. The average Bonchev–Trinajstić information content (AvgIpc) is 2.60. The van der Waals surface area contributed by atoms with Crippen molar-refractivity contribution in [3.05, 3.63) is 58.6 Å². The molecule has 0 aliphatic carbocycles. The molecule has 0 aliphatic rings. The van der Waals surface area contributed by atoms with Crippen LogP contribution in [-0.2, 0) is 16.1 Å². The third kappa shape index (κ3) is 6.08. The maximum atomic E-state index is 11.9. The van der Waals surface area contributed by atoms with E-state index >= 15 is 0 Å². The number of benzene rings is 2. The van der Waals surface area contributed by atoms with E-state index in [4.69, 9.17) is 16.3 Å². The smallest absolute Gasteiger partial charge is 0.258 e. The maximum Gasteiger partial charge on any atom is 0.258 e. The van der Waals surface area contributed by atoms with Crippen molar-refractivity contribution < 1.29 is 14.3 Å². The van der Waals surface area contributed by atoms with Crippen LogP contribution in [0.5, 0.6) is 5.75 Å².